The highest BCUT2D eigenvalue weighted by molar-refractivity contribution is 7.13. The Labute approximate surface area is 155 Å². The molecule has 0 spiro atoms. The number of rotatable bonds is 6. The van der Waals surface area contributed by atoms with Crippen molar-refractivity contribution in [3.8, 4) is 10.7 Å². The molecule has 11 heteroatoms. The molecule has 130 valence electrons. The van der Waals surface area contributed by atoms with Gasteiger partial charge in [0.05, 0.1) is 17.0 Å². The topological polar surface area (TPSA) is 121 Å². The highest BCUT2D eigenvalue weighted by Crippen LogP contribution is 2.20. The van der Waals surface area contributed by atoms with Crippen molar-refractivity contribution in [2.24, 2.45) is 0 Å². The summed E-state index contributed by atoms with van der Waals surface area (Å²) in [6.45, 7) is 0.446. The normalized spacial score (nSPS) is 10.6. The summed E-state index contributed by atoms with van der Waals surface area (Å²) in [5.74, 6) is 1.73. The maximum atomic E-state index is 12.1. The van der Waals surface area contributed by atoms with Crippen LogP contribution in [0.5, 0.6) is 0 Å². The molecule has 0 aromatic carbocycles. The fourth-order valence-electron chi connectivity index (χ4n) is 2.09. The van der Waals surface area contributed by atoms with Crippen molar-refractivity contribution in [2.75, 3.05) is 10.6 Å². The minimum absolute atomic E-state index is 0.281. The fraction of sp³-hybridized carbons (Fsp3) is 0.0667. The quantitative estimate of drug-likeness (QED) is 0.467. The van der Waals surface area contributed by atoms with Gasteiger partial charge in [0.25, 0.3) is 5.91 Å². The number of H-pyrrole nitrogens is 1. The highest BCUT2D eigenvalue weighted by Gasteiger charge is 2.09. The molecule has 0 fully saturated rings. The number of nitrogens with zero attached hydrogens (tertiary/aromatic N) is 5. The number of aromatic nitrogens is 6. The largest absolute Gasteiger partial charge is 0.363 e. The van der Waals surface area contributed by atoms with Crippen molar-refractivity contribution in [2.45, 2.75) is 6.54 Å². The zero-order valence-electron chi connectivity index (χ0n) is 13.2. The molecule has 0 saturated heterocycles. The lowest BCUT2D eigenvalue weighted by Crippen LogP contribution is -2.12. The Kier molecular flexibility index (Phi) is 4.62. The van der Waals surface area contributed by atoms with Gasteiger partial charge in [0.15, 0.2) is 5.82 Å². The molecule has 0 bridgehead atoms. The average Bonchev–Trinajstić information content (AvgIpc) is 3.41. The summed E-state index contributed by atoms with van der Waals surface area (Å²) < 4.78 is 0. The van der Waals surface area contributed by atoms with Crippen LogP contribution in [0.2, 0.25) is 0 Å². The zero-order valence-corrected chi connectivity index (χ0v) is 14.8. The van der Waals surface area contributed by atoms with Crippen molar-refractivity contribution < 1.29 is 4.79 Å². The van der Waals surface area contributed by atoms with E-state index in [4.69, 9.17) is 0 Å². The van der Waals surface area contributed by atoms with Gasteiger partial charge >= 0.3 is 0 Å². The highest BCUT2D eigenvalue weighted by atomic mass is 32.1. The van der Waals surface area contributed by atoms with Crippen LogP contribution in [-0.2, 0) is 6.54 Å². The van der Waals surface area contributed by atoms with E-state index in [-0.39, 0.29) is 5.91 Å². The molecular formula is C15H12N8OS2. The van der Waals surface area contributed by atoms with Crippen LogP contribution in [0, 0.1) is 0 Å². The summed E-state index contributed by atoms with van der Waals surface area (Å²) in [5.41, 5.74) is 1.99. The molecule has 9 nitrogen and oxygen atoms in total. The van der Waals surface area contributed by atoms with Gasteiger partial charge in [-0.2, -0.15) is 5.10 Å². The molecule has 0 atom stereocenters. The second-order valence-corrected chi connectivity index (χ2v) is 6.85. The number of carbonyl (C=O) groups is 1. The number of aromatic amines is 1. The molecule has 0 radical (unpaired) electrons. The van der Waals surface area contributed by atoms with E-state index >= 15 is 0 Å². The smallest absolute Gasteiger partial charge is 0.259 e. The van der Waals surface area contributed by atoms with E-state index in [0.29, 0.717) is 34.7 Å². The predicted molar refractivity (Wildman–Crippen MR) is 99.1 cm³/mol. The number of hydrogen-bond donors (Lipinski definition) is 3. The lowest BCUT2D eigenvalue weighted by Gasteiger charge is -2.04. The van der Waals surface area contributed by atoms with Crippen LogP contribution < -0.4 is 10.6 Å². The molecule has 0 aliphatic heterocycles. The van der Waals surface area contributed by atoms with Crippen molar-refractivity contribution in [3.05, 3.63) is 52.7 Å². The molecule has 0 unspecified atom stereocenters. The number of pyridine rings is 1. The van der Waals surface area contributed by atoms with E-state index in [1.165, 1.54) is 17.5 Å². The van der Waals surface area contributed by atoms with Gasteiger partial charge in [-0.1, -0.05) is 17.4 Å². The number of nitrogens with one attached hydrogen (secondary N) is 3. The third-order valence-electron chi connectivity index (χ3n) is 3.32. The lowest BCUT2D eigenvalue weighted by molar-refractivity contribution is 0.102. The summed E-state index contributed by atoms with van der Waals surface area (Å²) in [7, 11) is 0. The van der Waals surface area contributed by atoms with Crippen LogP contribution in [0.15, 0.2) is 41.4 Å². The van der Waals surface area contributed by atoms with Crippen LogP contribution in [0.25, 0.3) is 10.7 Å². The first-order chi connectivity index (χ1) is 12.8. The van der Waals surface area contributed by atoms with E-state index in [9.17, 15) is 4.79 Å². The summed E-state index contributed by atoms with van der Waals surface area (Å²) >= 11 is 2.84. The van der Waals surface area contributed by atoms with Crippen LogP contribution in [0.3, 0.4) is 0 Å². The number of thiophene rings is 1. The number of hydrogen-bond acceptors (Lipinski definition) is 9. The van der Waals surface area contributed by atoms with Gasteiger partial charge in [-0.3, -0.25) is 15.2 Å². The second kappa shape index (κ2) is 7.37. The molecule has 4 aromatic rings. The van der Waals surface area contributed by atoms with Crippen molar-refractivity contribution >= 4 is 39.5 Å². The van der Waals surface area contributed by atoms with E-state index in [1.54, 1.807) is 29.0 Å². The number of carbonyl (C=O) groups excluding carboxylic acids is 1. The van der Waals surface area contributed by atoms with Gasteiger partial charge in [0, 0.05) is 6.20 Å². The first kappa shape index (κ1) is 16.3. The summed E-state index contributed by atoms with van der Waals surface area (Å²) in [6.07, 6.45) is 1.50. The average molecular weight is 384 g/mol. The molecule has 1 amide bonds. The molecule has 4 heterocycles. The standard InChI is InChI=1S/C15H12N8OS2/c24-14(20-15-23-18-8-26-15)9-3-4-11(16-6-9)17-7-12-19-13(22-21-12)10-2-1-5-25-10/h1-6,8H,7H2,(H,16,17)(H,19,21,22)(H,20,23,24). The molecule has 0 saturated carbocycles. The first-order valence-electron chi connectivity index (χ1n) is 7.50. The fourth-order valence-corrected chi connectivity index (χ4v) is 3.19. The third kappa shape index (κ3) is 3.73. The van der Waals surface area contributed by atoms with Crippen LogP contribution >= 0.6 is 22.7 Å². The van der Waals surface area contributed by atoms with Crippen LogP contribution in [-0.4, -0.2) is 36.3 Å². The van der Waals surface area contributed by atoms with Crippen molar-refractivity contribution in [1.29, 1.82) is 0 Å². The van der Waals surface area contributed by atoms with Gasteiger partial charge in [-0.25, -0.2) is 9.97 Å². The van der Waals surface area contributed by atoms with E-state index < -0.39 is 0 Å². The molecule has 3 N–H and O–H groups in total. The Hall–Kier alpha value is -3.18. The Bertz CT molecular complexity index is 979. The lowest BCUT2D eigenvalue weighted by atomic mass is 10.2. The molecule has 4 rings (SSSR count). The van der Waals surface area contributed by atoms with Gasteiger partial charge < -0.3 is 5.32 Å². The Morgan fingerprint density at radius 2 is 2.19 bits per heavy atom. The van der Waals surface area contributed by atoms with Crippen LogP contribution in [0.1, 0.15) is 16.2 Å². The molecular weight excluding hydrogens is 372 g/mol. The van der Waals surface area contributed by atoms with E-state index in [1.807, 2.05) is 17.5 Å². The Balaban J connectivity index is 1.35. The maximum absolute atomic E-state index is 12.1. The first-order valence-corrected chi connectivity index (χ1v) is 9.26. The van der Waals surface area contributed by atoms with Gasteiger partial charge in [-0.05, 0) is 23.6 Å². The molecule has 0 aliphatic carbocycles. The van der Waals surface area contributed by atoms with E-state index in [2.05, 4.69) is 41.0 Å². The second-order valence-electron chi connectivity index (χ2n) is 5.07. The maximum Gasteiger partial charge on any atom is 0.259 e. The van der Waals surface area contributed by atoms with Crippen LogP contribution in [0.4, 0.5) is 10.9 Å². The number of amides is 1. The Morgan fingerprint density at radius 3 is 2.92 bits per heavy atom. The molecule has 0 aliphatic rings. The zero-order chi connectivity index (χ0) is 17.8. The molecule has 4 aromatic heterocycles. The summed E-state index contributed by atoms with van der Waals surface area (Å²) in [4.78, 5) is 21.7. The minimum atomic E-state index is -0.281. The van der Waals surface area contributed by atoms with Gasteiger partial charge in [-0.15, -0.1) is 21.5 Å². The monoisotopic (exact) mass is 384 g/mol. The third-order valence-corrected chi connectivity index (χ3v) is 4.79. The predicted octanol–water partition coefficient (Wildman–Crippen LogP) is 2.64. The summed E-state index contributed by atoms with van der Waals surface area (Å²) in [5, 5.41) is 22.8. The van der Waals surface area contributed by atoms with Crippen molar-refractivity contribution in [3.63, 3.8) is 0 Å². The SMILES string of the molecule is O=C(Nc1nncs1)c1ccc(NCc2nc(-c3cccs3)n[nH]2)nc1. The number of anilines is 2. The Morgan fingerprint density at radius 1 is 1.23 bits per heavy atom. The van der Waals surface area contributed by atoms with Gasteiger partial charge in [0.1, 0.15) is 17.2 Å². The van der Waals surface area contributed by atoms with Gasteiger partial charge in [0.2, 0.25) is 5.13 Å². The van der Waals surface area contributed by atoms with E-state index in [0.717, 1.165) is 4.88 Å². The van der Waals surface area contributed by atoms with Crippen molar-refractivity contribution in [1.82, 2.24) is 30.4 Å². The summed E-state index contributed by atoms with van der Waals surface area (Å²) in [6, 6.07) is 7.34. The molecule has 26 heavy (non-hydrogen) atoms. The minimum Gasteiger partial charge on any atom is -0.363 e.